The Morgan fingerprint density at radius 3 is 2.63 bits per heavy atom. The second kappa shape index (κ2) is 7.85. The van der Waals surface area contributed by atoms with Crippen LogP contribution in [0.25, 0.3) is 21.9 Å². The second-order valence-electron chi connectivity index (χ2n) is 9.99. The largest absolute Gasteiger partial charge is 0.454 e. The lowest BCUT2D eigenvalue weighted by molar-refractivity contribution is -0.159. The number of piperazine rings is 1. The highest BCUT2D eigenvalue weighted by Crippen LogP contribution is 2.45. The number of carbonyl (C=O) groups is 2. The summed E-state index contributed by atoms with van der Waals surface area (Å²) in [7, 11) is 0. The molecule has 0 aliphatic carbocycles. The van der Waals surface area contributed by atoms with Gasteiger partial charge in [0.15, 0.2) is 11.5 Å². The Morgan fingerprint density at radius 2 is 1.74 bits per heavy atom. The molecular formula is C29H23N5O4. The number of benzene rings is 3. The summed E-state index contributed by atoms with van der Waals surface area (Å²) in [5.74, 6) is 1.81. The summed E-state index contributed by atoms with van der Waals surface area (Å²) in [6, 6.07) is 20.5. The molecule has 3 aromatic carbocycles. The summed E-state index contributed by atoms with van der Waals surface area (Å²) in [6.45, 7) is 0.406. The molecule has 1 saturated heterocycles. The van der Waals surface area contributed by atoms with Gasteiger partial charge in [0.25, 0.3) is 0 Å². The number of fused-ring (bicyclic) bond motifs is 6. The number of aromatic amines is 2. The molecule has 0 unspecified atom stereocenters. The summed E-state index contributed by atoms with van der Waals surface area (Å²) >= 11 is 0. The molecule has 2 aromatic heterocycles. The first kappa shape index (κ1) is 21.3. The van der Waals surface area contributed by atoms with E-state index in [0.717, 1.165) is 38.8 Å². The van der Waals surface area contributed by atoms with Crippen molar-refractivity contribution in [3.8, 4) is 11.5 Å². The maximum Gasteiger partial charge on any atom is 0.246 e. The molecule has 2 amide bonds. The minimum Gasteiger partial charge on any atom is -0.454 e. The van der Waals surface area contributed by atoms with Crippen molar-refractivity contribution >= 4 is 33.8 Å². The molecule has 0 bridgehead atoms. The van der Waals surface area contributed by atoms with E-state index in [1.54, 1.807) is 9.80 Å². The van der Waals surface area contributed by atoms with Crippen molar-refractivity contribution in [2.45, 2.75) is 25.0 Å². The monoisotopic (exact) mass is 505 g/mol. The molecule has 3 aliphatic rings. The number of amides is 2. The third-order valence-electron chi connectivity index (χ3n) is 7.83. The van der Waals surface area contributed by atoms with Gasteiger partial charge in [0.2, 0.25) is 18.6 Å². The van der Waals surface area contributed by atoms with Crippen LogP contribution < -0.4 is 9.47 Å². The standard InChI is InChI=1S/C29H23N5O4/c35-26-14-33(13-25-30-20-7-3-4-8-21(20)31-25)29(36)22-12-18-17-5-1-2-6-19(17)32-27(18)28(34(22)26)16-9-10-23-24(11-16)38-15-37-23/h1-11,22,28,32H,12-15H2,(H,30,31)/t22-,28-/m1/s1. The Bertz CT molecular complexity index is 1740. The maximum atomic E-state index is 14.0. The number of hydrogen-bond donors (Lipinski definition) is 2. The zero-order valence-corrected chi connectivity index (χ0v) is 20.3. The van der Waals surface area contributed by atoms with E-state index in [1.165, 1.54) is 0 Å². The molecule has 9 nitrogen and oxygen atoms in total. The topological polar surface area (TPSA) is 104 Å². The molecule has 3 aliphatic heterocycles. The number of ether oxygens (including phenoxy) is 2. The maximum absolute atomic E-state index is 14.0. The van der Waals surface area contributed by atoms with E-state index < -0.39 is 12.1 Å². The number of nitrogens with one attached hydrogen (secondary N) is 2. The summed E-state index contributed by atoms with van der Waals surface area (Å²) in [5.41, 5.74) is 5.61. The summed E-state index contributed by atoms with van der Waals surface area (Å²) < 4.78 is 11.2. The molecule has 8 rings (SSSR count). The van der Waals surface area contributed by atoms with Crippen LogP contribution in [0.3, 0.4) is 0 Å². The van der Waals surface area contributed by atoms with Gasteiger partial charge >= 0.3 is 0 Å². The predicted molar refractivity (Wildman–Crippen MR) is 139 cm³/mol. The van der Waals surface area contributed by atoms with Crippen molar-refractivity contribution in [1.82, 2.24) is 24.8 Å². The van der Waals surface area contributed by atoms with E-state index in [0.29, 0.717) is 23.7 Å². The minimum atomic E-state index is -0.622. The van der Waals surface area contributed by atoms with Crippen LogP contribution in [0.1, 0.15) is 28.7 Å². The molecule has 1 fully saturated rings. The third kappa shape index (κ3) is 3.08. The van der Waals surface area contributed by atoms with Crippen molar-refractivity contribution in [3.05, 3.63) is 89.4 Å². The average molecular weight is 506 g/mol. The fourth-order valence-corrected chi connectivity index (χ4v) is 6.15. The quantitative estimate of drug-likeness (QED) is 0.390. The Hall–Kier alpha value is -4.79. The van der Waals surface area contributed by atoms with E-state index in [2.05, 4.69) is 21.0 Å². The number of para-hydroxylation sites is 3. The highest BCUT2D eigenvalue weighted by Gasteiger charge is 2.48. The number of rotatable bonds is 3. The molecule has 0 saturated carbocycles. The first-order valence-corrected chi connectivity index (χ1v) is 12.7. The molecule has 5 aromatic rings. The van der Waals surface area contributed by atoms with Gasteiger partial charge in [0.05, 0.1) is 23.6 Å². The smallest absolute Gasteiger partial charge is 0.246 e. The van der Waals surface area contributed by atoms with Gasteiger partial charge in [-0.3, -0.25) is 9.59 Å². The van der Waals surface area contributed by atoms with Crippen molar-refractivity contribution in [2.24, 2.45) is 0 Å². The van der Waals surface area contributed by atoms with Crippen molar-refractivity contribution in [3.63, 3.8) is 0 Å². The van der Waals surface area contributed by atoms with Crippen LogP contribution in [-0.4, -0.2) is 55.9 Å². The van der Waals surface area contributed by atoms with E-state index in [1.807, 2.05) is 60.7 Å². The van der Waals surface area contributed by atoms with Gasteiger partial charge in [-0.2, -0.15) is 0 Å². The van der Waals surface area contributed by atoms with Crippen LogP contribution in [0.4, 0.5) is 0 Å². The van der Waals surface area contributed by atoms with E-state index in [9.17, 15) is 9.59 Å². The van der Waals surface area contributed by atoms with Gasteiger partial charge < -0.3 is 29.2 Å². The van der Waals surface area contributed by atoms with Crippen molar-refractivity contribution < 1.29 is 19.1 Å². The molecule has 9 heteroatoms. The van der Waals surface area contributed by atoms with Gasteiger partial charge in [-0.25, -0.2) is 4.98 Å². The Labute approximate surface area is 217 Å². The number of carbonyl (C=O) groups excluding carboxylic acids is 2. The predicted octanol–water partition coefficient (Wildman–Crippen LogP) is 3.66. The number of imidazole rings is 1. The summed E-state index contributed by atoms with van der Waals surface area (Å²) in [5, 5.41) is 1.07. The SMILES string of the molecule is O=C1[C@H]2Cc3c([nH]c4ccccc34)[C@@H](c3ccc4c(c3)OCO4)N2C(=O)CN1Cc1nc2ccccc2[nH]1. The zero-order valence-electron chi connectivity index (χ0n) is 20.3. The lowest BCUT2D eigenvalue weighted by Crippen LogP contribution is -2.62. The van der Waals surface area contributed by atoms with Gasteiger partial charge in [-0.05, 0) is 41.5 Å². The van der Waals surface area contributed by atoms with E-state index in [-0.39, 0.29) is 31.7 Å². The molecule has 0 spiro atoms. The van der Waals surface area contributed by atoms with Crippen LogP contribution in [0.2, 0.25) is 0 Å². The van der Waals surface area contributed by atoms with Gasteiger partial charge in [0, 0.05) is 23.0 Å². The number of hydrogen-bond acceptors (Lipinski definition) is 5. The molecular weight excluding hydrogens is 482 g/mol. The van der Waals surface area contributed by atoms with E-state index in [4.69, 9.17) is 9.47 Å². The van der Waals surface area contributed by atoms with Crippen LogP contribution in [0.15, 0.2) is 66.7 Å². The molecule has 5 heterocycles. The molecule has 0 radical (unpaired) electrons. The number of nitrogens with zero attached hydrogens (tertiary/aromatic N) is 3. The van der Waals surface area contributed by atoms with E-state index >= 15 is 0 Å². The van der Waals surface area contributed by atoms with Gasteiger partial charge in [0.1, 0.15) is 18.4 Å². The van der Waals surface area contributed by atoms with Crippen molar-refractivity contribution in [2.75, 3.05) is 13.3 Å². The van der Waals surface area contributed by atoms with Gasteiger partial charge in [-0.15, -0.1) is 0 Å². The summed E-state index contributed by atoms with van der Waals surface area (Å²) in [6.07, 6.45) is 0.446. The van der Waals surface area contributed by atoms with Crippen molar-refractivity contribution in [1.29, 1.82) is 0 Å². The Morgan fingerprint density at radius 1 is 0.921 bits per heavy atom. The van der Waals surface area contributed by atoms with Gasteiger partial charge in [-0.1, -0.05) is 36.4 Å². The lowest BCUT2D eigenvalue weighted by Gasteiger charge is -2.47. The average Bonchev–Trinajstić information content (AvgIpc) is 3.66. The first-order chi connectivity index (χ1) is 18.6. The molecule has 38 heavy (non-hydrogen) atoms. The van der Waals surface area contributed by atoms with Crippen LogP contribution in [0, 0.1) is 0 Å². The molecule has 2 N–H and O–H groups in total. The van der Waals surface area contributed by atoms with Crippen LogP contribution in [-0.2, 0) is 22.6 Å². The fourth-order valence-electron chi connectivity index (χ4n) is 6.15. The Kier molecular flexibility index (Phi) is 4.40. The molecule has 188 valence electrons. The summed E-state index contributed by atoms with van der Waals surface area (Å²) in [4.78, 5) is 42.7. The number of H-pyrrole nitrogens is 2. The normalized spacial score (nSPS) is 20.3. The second-order valence-corrected chi connectivity index (χ2v) is 9.99. The highest BCUT2D eigenvalue weighted by molar-refractivity contribution is 5.97. The zero-order chi connectivity index (χ0) is 25.4. The first-order valence-electron chi connectivity index (χ1n) is 12.7. The Balaban J connectivity index is 1.22. The fraction of sp³-hybridized carbons (Fsp3) is 0.207. The number of aromatic nitrogens is 3. The third-order valence-corrected chi connectivity index (χ3v) is 7.83. The molecule has 2 atom stereocenters. The van der Waals surface area contributed by atoms with Crippen LogP contribution in [0.5, 0.6) is 11.5 Å². The highest BCUT2D eigenvalue weighted by atomic mass is 16.7. The minimum absolute atomic E-state index is 0.0109. The van der Waals surface area contributed by atoms with Crippen LogP contribution >= 0.6 is 0 Å². The lowest BCUT2D eigenvalue weighted by atomic mass is 9.86.